The van der Waals surface area contributed by atoms with E-state index in [2.05, 4.69) is 10.1 Å². The third-order valence-electron chi connectivity index (χ3n) is 5.23. The number of benzene rings is 1. The van der Waals surface area contributed by atoms with E-state index in [1.807, 2.05) is 35.2 Å². The van der Waals surface area contributed by atoms with Gasteiger partial charge in [0.25, 0.3) is 17.2 Å². The second kappa shape index (κ2) is 9.90. The van der Waals surface area contributed by atoms with Gasteiger partial charge in [-0.05, 0) is 24.3 Å². The SMILES string of the molecule is O=C(c1ccc(=O)n(CCOc2ccccc2)n1)N1CCN(c2ccc([N+](=O)[O-])cn2)CC1. The number of aromatic nitrogens is 3. The van der Waals surface area contributed by atoms with E-state index >= 15 is 0 Å². The number of anilines is 1. The summed E-state index contributed by atoms with van der Waals surface area (Å²) >= 11 is 0. The number of piperazine rings is 1. The lowest BCUT2D eigenvalue weighted by atomic mass is 10.2. The second-order valence-electron chi connectivity index (χ2n) is 7.35. The van der Waals surface area contributed by atoms with Gasteiger partial charge in [0.2, 0.25) is 0 Å². The fourth-order valence-corrected chi connectivity index (χ4v) is 3.46. The lowest BCUT2D eigenvalue weighted by molar-refractivity contribution is -0.385. The van der Waals surface area contributed by atoms with Crippen molar-refractivity contribution in [2.75, 3.05) is 37.7 Å². The summed E-state index contributed by atoms with van der Waals surface area (Å²) in [5, 5.41) is 15.0. The van der Waals surface area contributed by atoms with Gasteiger partial charge in [-0.1, -0.05) is 18.2 Å². The van der Waals surface area contributed by atoms with E-state index < -0.39 is 4.92 Å². The summed E-state index contributed by atoms with van der Waals surface area (Å²) in [6.07, 6.45) is 1.22. The summed E-state index contributed by atoms with van der Waals surface area (Å²) < 4.78 is 6.84. The van der Waals surface area contributed by atoms with Crippen LogP contribution in [0.4, 0.5) is 11.5 Å². The second-order valence-corrected chi connectivity index (χ2v) is 7.35. The van der Waals surface area contributed by atoms with E-state index in [9.17, 15) is 19.7 Å². The molecule has 0 unspecified atom stereocenters. The summed E-state index contributed by atoms with van der Waals surface area (Å²) in [5.74, 6) is 1.06. The van der Waals surface area contributed by atoms with Crippen LogP contribution in [0, 0.1) is 10.1 Å². The molecule has 11 heteroatoms. The Morgan fingerprint density at radius 1 is 1.03 bits per heavy atom. The fraction of sp³-hybridized carbons (Fsp3) is 0.273. The normalized spacial score (nSPS) is 13.6. The molecule has 1 saturated heterocycles. The number of pyridine rings is 1. The Morgan fingerprint density at radius 3 is 2.45 bits per heavy atom. The fourth-order valence-electron chi connectivity index (χ4n) is 3.46. The number of nitrogens with zero attached hydrogens (tertiary/aromatic N) is 6. The van der Waals surface area contributed by atoms with Crippen LogP contribution in [-0.2, 0) is 6.54 Å². The first-order valence-corrected chi connectivity index (χ1v) is 10.4. The van der Waals surface area contributed by atoms with Crippen molar-refractivity contribution in [2.24, 2.45) is 0 Å². The van der Waals surface area contributed by atoms with Gasteiger partial charge < -0.3 is 14.5 Å². The number of nitro groups is 1. The first-order chi connectivity index (χ1) is 16.0. The Bertz CT molecular complexity index is 1170. The van der Waals surface area contributed by atoms with Crippen molar-refractivity contribution in [1.82, 2.24) is 19.7 Å². The van der Waals surface area contributed by atoms with E-state index in [4.69, 9.17) is 4.74 Å². The van der Waals surface area contributed by atoms with Gasteiger partial charge in [-0.2, -0.15) is 5.10 Å². The smallest absolute Gasteiger partial charge is 0.287 e. The molecule has 0 radical (unpaired) electrons. The molecule has 0 bridgehead atoms. The summed E-state index contributed by atoms with van der Waals surface area (Å²) in [6, 6.07) is 15.0. The molecule has 0 atom stereocenters. The third kappa shape index (κ3) is 5.32. The summed E-state index contributed by atoms with van der Waals surface area (Å²) in [7, 11) is 0. The molecular formula is C22H22N6O5. The summed E-state index contributed by atoms with van der Waals surface area (Å²) in [4.78, 5) is 43.1. The van der Waals surface area contributed by atoms with Crippen LogP contribution in [0.3, 0.4) is 0 Å². The van der Waals surface area contributed by atoms with Crippen LogP contribution >= 0.6 is 0 Å². The standard InChI is InChI=1S/C22H22N6O5/c29-21-9-7-19(24-27(21)14-15-33-18-4-2-1-3-5-18)22(30)26-12-10-25(11-13-26)20-8-6-17(16-23-20)28(31)32/h1-9,16H,10-15H2. The Labute approximate surface area is 189 Å². The summed E-state index contributed by atoms with van der Waals surface area (Å²) in [5.41, 5.74) is -0.184. The third-order valence-corrected chi connectivity index (χ3v) is 5.23. The van der Waals surface area contributed by atoms with Crippen molar-refractivity contribution >= 4 is 17.4 Å². The van der Waals surface area contributed by atoms with Gasteiger partial charge in [0.15, 0.2) is 0 Å². The predicted molar refractivity (Wildman–Crippen MR) is 119 cm³/mol. The quantitative estimate of drug-likeness (QED) is 0.393. The molecule has 2 aromatic heterocycles. The van der Waals surface area contributed by atoms with Gasteiger partial charge in [0.1, 0.15) is 30.1 Å². The molecule has 1 aliphatic heterocycles. The lowest BCUT2D eigenvalue weighted by Crippen LogP contribution is -2.49. The van der Waals surface area contributed by atoms with Crippen LogP contribution in [0.5, 0.6) is 5.75 Å². The van der Waals surface area contributed by atoms with E-state index in [-0.39, 0.29) is 36.0 Å². The first-order valence-electron chi connectivity index (χ1n) is 10.4. The number of para-hydroxylation sites is 1. The molecule has 0 spiro atoms. The van der Waals surface area contributed by atoms with Gasteiger partial charge in [-0.15, -0.1) is 0 Å². The molecule has 4 rings (SSSR count). The lowest BCUT2D eigenvalue weighted by Gasteiger charge is -2.35. The average Bonchev–Trinajstić information content (AvgIpc) is 2.85. The zero-order chi connectivity index (χ0) is 23.2. The number of rotatable bonds is 7. The topological polar surface area (TPSA) is 124 Å². The van der Waals surface area contributed by atoms with Crippen molar-refractivity contribution in [3.8, 4) is 5.75 Å². The Balaban J connectivity index is 1.35. The van der Waals surface area contributed by atoms with Crippen LogP contribution in [-0.4, -0.2) is 63.3 Å². The van der Waals surface area contributed by atoms with Gasteiger partial charge in [-0.3, -0.25) is 19.7 Å². The highest BCUT2D eigenvalue weighted by Gasteiger charge is 2.24. The average molecular weight is 450 g/mol. The number of hydrogen-bond acceptors (Lipinski definition) is 8. The van der Waals surface area contributed by atoms with Crippen molar-refractivity contribution < 1.29 is 14.5 Å². The molecule has 3 aromatic rings. The largest absolute Gasteiger partial charge is 0.492 e. The highest BCUT2D eigenvalue weighted by molar-refractivity contribution is 5.92. The highest BCUT2D eigenvalue weighted by Crippen LogP contribution is 2.18. The maximum Gasteiger partial charge on any atom is 0.287 e. The molecule has 33 heavy (non-hydrogen) atoms. The molecule has 1 fully saturated rings. The molecule has 170 valence electrons. The molecule has 3 heterocycles. The van der Waals surface area contributed by atoms with Crippen LogP contribution in [0.1, 0.15) is 10.5 Å². The minimum Gasteiger partial charge on any atom is -0.492 e. The zero-order valence-corrected chi connectivity index (χ0v) is 17.7. The molecule has 0 saturated carbocycles. The van der Waals surface area contributed by atoms with Gasteiger partial charge in [-0.25, -0.2) is 9.67 Å². The predicted octanol–water partition coefficient (Wildman–Crippen LogP) is 1.59. The Hall–Kier alpha value is -4.28. The summed E-state index contributed by atoms with van der Waals surface area (Å²) in [6.45, 7) is 2.40. The van der Waals surface area contributed by atoms with Crippen molar-refractivity contribution in [3.63, 3.8) is 0 Å². The molecule has 0 aliphatic carbocycles. The Morgan fingerprint density at radius 2 is 1.79 bits per heavy atom. The minimum atomic E-state index is -0.492. The van der Waals surface area contributed by atoms with Gasteiger partial charge in [0.05, 0.1) is 11.5 Å². The van der Waals surface area contributed by atoms with Crippen LogP contribution < -0.4 is 15.2 Å². The molecule has 0 N–H and O–H groups in total. The first kappa shape index (κ1) is 21.9. The number of hydrogen-bond donors (Lipinski definition) is 0. The van der Waals surface area contributed by atoms with Crippen molar-refractivity contribution in [3.05, 3.63) is 87.0 Å². The van der Waals surface area contributed by atoms with Crippen LogP contribution in [0.2, 0.25) is 0 Å². The molecule has 11 nitrogen and oxygen atoms in total. The van der Waals surface area contributed by atoms with Crippen molar-refractivity contribution in [1.29, 1.82) is 0 Å². The minimum absolute atomic E-state index is 0.0667. The van der Waals surface area contributed by atoms with E-state index in [1.54, 1.807) is 11.0 Å². The van der Waals surface area contributed by atoms with E-state index in [1.165, 1.54) is 29.1 Å². The molecular weight excluding hydrogens is 428 g/mol. The maximum atomic E-state index is 12.9. The molecule has 1 amide bonds. The van der Waals surface area contributed by atoms with E-state index in [0.29, 0.717) is 37.7 Å². The van der Waals surface area contributed by atoms with Gasteiger partial charge in [0, 0.05) is 38.3 Å². The van der Waals surface area contributed by atoms with Crippen LogP contribution in [0.25, 0.3) is 0 Å². The maximum absolute atomic E-state index is 12.9. The van der Waals surface area contributed by atoms with E-state index in [0.717, 1.165) is 0 Å². The number of amides is 1. The Kier molecular flexibility index (Phi) is 6.58. The van der Waals surface area contributed by atoms with Crippen LogP contribution in [0.15, 0.2) is 65.6 Å². The van der Waals surface area contributed by atoms with Crippen molar-refractivity contribution in [2.45, 2.75) is 6.54 Å². The number of carbonyl (C=O) groups excluding carboxylic acids is 1. The monoisotopic (exact) mass is 450 g/mol. The highest BCUT2D eigenvalue weighted by atomic mass is 16.6. The number of ether oxygens (including phenoxy) is 1. The number of carbonyl (C=O) groups is 1. The molecule has 1 aliphatic rings. The molecule has 1 aromatic carbocycles. The van der Waals surface area contributed by atoms with Gasteiger partial charge >= 0.3 is 0 Å². The zero-order valence-electron chi connectivity index (χ0n) is 17.7.